The van der Waals surface area contributed by atoms with Gasteiger partial charge in [0.2, 0.25) is 0 Å². The van der Waals surface area contributed by atoms with Gasteiger partial charge in [-0.2, -0.15) is 0 Å². The second kappa shape index (κ2) is 7.12. The average Bonchev–Trinajstić information content (AvgIpc) is 3.14. The fraction of sp³-hybridized carbons (Fsp3) is 0.0800. The highest BCUT2D eigenvalue weighted by Crippen LogP contribution is 2.37. The first-order chi connectivity index (χ1) is 14.7. The van der Waals surface area contributed by atoms with Crippen LogP contribution >= 0.6 is 0 Å². The van der Waals surface area contributed by atoms with E-state index < -0.39 is 0 Å². The lowest BCUT2D eigenvalue weighted by atomic mass is 10.0. The average molecular weight is 397 g/mol. The number of hydrogen-bond donors (Lipinski definition) is 1. The summed E-state index contributed by atoms with van der Waals surface area (Å²) in [7, 11) is 3.15. The molecule has 1 heterocycles. The number of para-hydroxylation sites is 1. The Hall–Kier alpha value is -3.99. The first-order valence-corrected chi connectivity index (χ1v) is 9.56. The topological polar surface area (TPSA) is 60.7 Å². The molecule has 0 saturated carbocycles. The van der Waals surface area contributed by atoms with E-state index in [1.165, 1.54) is 0 Å². The van der Waals surface area contributed by atoms with Gasteiger partial charge in [0.1, 0.15) is 22.7 Å². The number of benzene rings is 4. The predicted molar refractivity (Wildman–Crippen MR) is 119 cm³/mol. The Kier molecular flexibility index (Phi) is 4.29. The van der Waals surface area contributed by atoms with Crippen LogP contribution in [0.25, 0.3) is 32.7 Å². The molecule has 1 amide bonds. The van der Waals surface area contributed by atoms with Gasteiger partial charge < -0.3 is 19.2 Å². The monoisotopic (exact) mass is 397 g/mol. The predicted octanol–water partition coefficient (Wildman–Crippen LogP) is 6.01. The summed E-state index contributed by atoms with van der Waals surface area (Å²) in [6.07, 6.45) is 0. The second-order valence-electron chi connectivity index (χ2n) is 6.97. The fourth-order valence-electron chi connectivity index (χ4n) is 3.85. The van der Waals surface area contributed by atoms with E-state index in [1.54, 1.807) is 26.4 Å². The molecule has 4 aromatic carbocycles. The van der Waals surface area contributed by atoms with Crippen LogP contribution in [-0.2, 0) is 0 Å². The van der Waals surface area contributed by atoms with Crippen molar-refractivity contribution in [2.45, 2.75) is 0 Å². The molecule has 1 aromatic heterocycles. The van der Waals surface area contributed by atoms with Gasteiger partial charge in [-0.25, -0.2) is 0 Å². The summed E-state index contributed by atoms with van der Waals surface area (Å²) in [6.45, 7) is 0. The summed E-state index contributed by atoms with van der Waals surface area (Å²) >= 11 is 0. The number of amides is 1. The Morgan fingerprint density at radius 1 is 0.800 bits per heavy atom. The molecule has 1 N–H and O–H groups in total. The van der Waals surface area contributed by atoms with Crippen molar-refractivity contribution in [3.63, 3.8) is 0 Å². The number of rotatable bonds is 4. The molecule has 0 radical (unpaired) electrons. The molecule has 0 unspecified atom stereocenters. The van der Waals surface area contributed by atoms with Gasteiger partial charge in [-0.05, 0) is 23.6 Å². The van der Waals surface area contributed by atoms with Crippen LogP contribution < -0.4 is 14.8 Å². The molecule has 148 valence electrons. The molecular weight excluding hydrogens is 378 g/mol. The first-order valence-electron chi connectivity index (χ1n) is 9.56. The normalized spacial score (nSPS) is 11.1. The van der Waals surface area contributed by atoms with Crippen LogP contribution in [0.15, 0.2) is 77.2 Å². The SMILES string of the molecule is COc1cc2c(cc1NC(=O)c1ccc3ccccc3c1OC)oc1ccccc12. The second-order valence-corrected chi connectivity index (χ2v) is 6.97. The van der Waals surface area contributed by atoms with Crippen molar-refractivity contribution >= 4 is 44.3 Å². The number of ether oxygens (including phenoxy) is 2. The van der Waals surface area contributed by atoms with Crippen LogP contribution in [-0.4, -0.2) is 20.1 Å². The fourth-order valence-corrected chi connectivity index (χ4v) is 3.85. The van der Waals surface area contributed by atoms with Gasteiger partial charge in [0.15, 0.2) is 0 Å². The first kappa shape index (κ1) is 18.1. The molecule has 0 aliphatic rings. The largest absolute Gasteiger partial charge is 0.495 e. The molecule has 0 aliphatic heterocycles. The third-order valence-electron chi connectivity index (χ3n) is 5.28. The smallest absolute Gasteiger partial charge is 0.259 e. The minimum Gasteiger partial charge on any atom is -0.495 e. The van der Waals surface area contributed by atoms with E-state index in [2.05, 4.69) is 5.32 Å². The molecule has 5 nitrogen and oxygen atoms in total. The highest BCUT2D eigenvalue weighted by atomic mass is 16.5. The van der Waals surface area contributed by atoms with Crippen molar-refractivity contribution in [1.82, 2.24) is 0 Å². The lowest BCUT2D eigenvalue weighted by Crippen LogP contribution is -2.14. The molecule has 5 aromatic rings. The third-order valence-corrected chi connectivity index (χ3v) is 5.28. The minimum atomic E-state index is -0.286. The van der Waals surface area contributed by atoms with E-state index in [1.807, 2.05) is 60.7 Å². The summed E-state index contributed by atoms with van der Waals surface area (Å²) in [5.41, 5.74) is 2.44. The quantitative estimate of drug-likeness (QED) is 0.403. The lowest BCUT2D eigenvalue weighted by Gasteiger charge is -2.14. The van der Waals surface area contributed by atoms with Gasteiger partial charge >= 0.3 is 0 Å². The third kappa shape index (κ3) is 2.83. The maximum absolute atomic E-state index is 13.1. The van der Waals surface area contributed by atoms with Crippen molar-refractivity contribution in [2.75, 3.05) is 19.5 Å². The van der Waals surface area contributed by atoms with Crippen LogP contribution in [0.4, 0.5) is 5.69 Å². The van der Waals surface area contributed by atoms with Crippen molar-refractivity contribution in [3.05, 3.63) is 78.4 Å². The van der Waals surface area contributed by atoms with Crippen LogP contribution in [0.3, 0.4) is 0 Å². The van der Waals surface area contributed by atoms with Crippen molar-refractivity contribution in [1.29, 1.82) is 0 Å². The molecule has 0 aliphatic carbocycles. The van der Waals surface area contributed by atoms with Gasteiger partial charge in [-0.1, -0.05) is 48.5 Å². The number of nitrogens with one attached hydrogen (secondary N) is 1. The van der Waals surface area contributed by atoms with Crippen molar-refractivity contribution in [3.8, 4) is 11.5 Å². The zero-order chi connectivity index (χ0) is 20.7. The molecule has 5 rings (SSSR count). The van der Waals surface area contributed by atoms with E-state index in [4.69, 9.17) is 13.9 Å². The summed E-state index contributed by atoms with van der Waals surface area (Å²) < 4.78 is 17.1. The van der Waals surface area contributed by atoms with Crippen molar-refractivity contribution < 1.29 is 18.7 Å². The van der Waals surface area contributed by atoms with Gasteiger partial charge in [0, 0.05) is 22.2 Å². The summed E-state index contributed by atoms with van der Waals surface area (Å²) in [5.74, 6) is 0.808. The van der Waals surface area contributed by atoms with Gasteiger partial charge in [-0.15, -0.1) is 0 Å². The molecule has 0 atom stereocenters. The minimum absolute atomic E-state index is 0.286. The highest BCUT2D eigenvalue weighted by Gasteiger charge is 2.18. The number of carbonyl (C=O) groups is 1. The van der Waals surface area contributed by atoms with Crippen LogP contribution in [0.2, 0.25) is 0 Å². The maximum atomic E-state index is 13.1. The number of fused-ring (bicyclic) bond motifs is 4. The zero-order valence-corrected chi connectivity index (χ0v) is 16.6. The maximum Gasteiger partial charge on any atom is 0.259 e. The van der Waals surface area contributed by atoms with Gasteiger partial charge in [-0.3, -0.25) is 4.79 Å². The van der Waals surface area contributed by atoms with Crippen LogP contribution in [0.1, 0.15) is 10.4 Å². The van der Waals surface area contributed by atoms with Gasteiger partial charge in [0.25, 0.3) is 5.91 Å². The van der Waals surface area contributed by atoms with E-state index in [0.29, 0.717) is 28.3 Å². The summed E-state index contributed by atoms with van der Waals surface area (Å²) in [4.78, 5) is 13.1. The Morgan fingerprint density at radius 3 is 2.37 bits per heavy atom. The van der Waals surface area contributed by atoms with E-state index in [0.717, 1.165) is 27.1 Å². The summed E-state index contributed by atoms with van der Waals surface area (Å²) in [5, 5.41) is 6.77. The van der Waals surface area contributed by atoms with E-state index >= 15 is 0 Å². The molecule has 0 bridgehead atoms. The lowest BCUT2D eigenvalue weighted by molar-refractivity contribution is 0.102. The molecule has 0 spiro atoms. The molecular formula is C25H19NO4. The summed E-state index contributed by atoms with van der Waals surface area (Å²) in [6, 6.07) is 23.0. The van der Waals surface area contributed by atoms with Gasteiger partial charge in [0.05, 0.1) is 25.5 Å². The van der Waals surface area contributed by atoms with Crippen LogP contribution in [0, 0.1) is 0 Å². The van der Waals surface area contributed by atoms with Crippen LogP contribution in [0.5, 0.6) is 11.5 Å². The number of anilines is 1. The number of methoxy groups -OCH3 is 2. The van der Waals surface area contributed by atoms with E-state index in [-0.39, 0.29) is 5.91 Å². The Labute approximate surface area is 172 Å². The number of carbonyl (C=O) groups excluding carboxylic acids is 1. The molecule has 0 fully saturated rings. The Morgan fingerprint density at radius 2 is 1.57 bits per heavy atom. The van der Waals surface area contributed by atoms with Crippen molar-refractivity contribution in [2.24, 2.45) is 0 Å². The highest BCUT2D eigenvalue weighted by molar-refractivity contribution is 6.12. The van der Waals surface area contributed by atoms with E-state index in [9.17, 15) is 4.79 Å². The zero-order valence-electron chi connectivity index (χ0n) is 16.6. The standard InChI is InChI=1S/C25H19NO4/c1-28-23-13-19-17-9-5-6-10-21(17)30-22(19)14-20(23)26-25(27)18-12-11-15-7-3-4-8-16(15)24(18)29-2/h3-14H,1-2H3,(H,26,27). The molecule has 0 saturated heterocycles. The molecule has 5 heteroatoms. The Bertz CT molecular complexity index is 1420. The number of furan rings is 1. The molecule has 30 heavy (non-hydrogen) atoms. The Balaban J connectivity index is 1.59. The number of hydrogen-bond acceptors (Lipinski definition) is 4.